The summed E-state index contributed by atoms with van der Waals surface area (Å²) < 4.78 is 12.2. The minimum atomic E-state index is -0.254. The zero-order chi connectivity index (χ0) is 22.3. The first kappa shape index (κ1) is 22.4. The molecule has 0 fully saturated rings. The lowest BCUT2D eigenvalue weighted by Crippen LogP contribution is -2.19. The lowest BCUT2D eigenvalue weighted by molar-refractivity contribution is -0.118. The Labute approximate surface area is 202 Å². The van der Waals surface area contributed by atoms with Gasteiger partial charge in [0.05, 0.1) is 16.4 Å². The van der Waals surface area contributed by atoms with Crippen molar-refractivity contribution >= 4 is 62.5 Å². The van der Waals surface area contributed by atoms with Crippen molar-refractivity contribution in [2.45, 2.75) is 11.8 Å². The number of nitrogens with one attached hydrogen (secondary N) is 1. The number of hydrogen-bond donors (Lipinski definition) is 1. The molecule has 0 unspecified atom stereocenters. The molecule has 3 aromatic carbocycles. The first-order valence-corrected chi connectivity index (χ1v) is 11.7. The van der Waals surface area contributed by atoms with Crippen molar-refractivity contribution in [2.24, 2.45) is 5.10 Å². The van der Waals surface area contributed by atoms with Crippen LogP contribution in [0, 0.1) is 0 Å². The van der Waals surface area contributed by atoms with Crippen LogP contribution in [0.4, 0.5) is 0 Å². The van der Waals surface area contributed by atoms with Crippen molar-refractivity contribution in [2.75, 3.05) is 5.75 Å². The molecule has 0 saturated carbocycles. The second-order valence-corrected chi connectivity index (χ2v) is 8.85. The van der Waals surface area contributed by atoms with Crippen molar-refractivity contribution in [3.05, 3.63) is 87.4 Å². The second-order valence-electron chi connectivity index (χ2n) is 6.63. The molecule has 4 rings (SSSR count). The van der Waals surface area contributed by atoms with Gasteiger partial charge in [-0.2, -0.15) is 5.10 Å². The smallest absolute Gasteiger partial charge is 0.257 e. The number of rotatable bonds is 8. The fraction of sp³-hybridized carbons (Fsp3) is 0.0870. The number of oxazole rings is 1. The number of halogens is 2. The van der Waals surface area contributed by atoms with Crippen LogP contribution in [0.2, 0.25) is 5.02 Å². The SMILES string of the molecule is O=C(CSc1nc2ccccc2o1)N/N=C\c1ccc(OCc2ccc(Cl)cc2)c(Br)c1. The molecule has 1 heterocycles. The molecule has 162 valence electrons. The van der Waals surface area contributed by atoms with E-state index in [1.165, 1.54) is 11.8 Å². The molecule has 4 aromatic rings. The summed E-state index contributed by atoms with van der Waals surface area (Å²) in [5.41, 5.74) is 5.79. The molecule has 0 saturated heterocycles. The second kappa shape index (κ2) is 10.7. The molecule has 9 heteroatoms. The number of carbonyl (C=O) groups excluding carboxylic acids is 1. The molecule has 0 bridgehead atoms. The van der Waals surface area contributed by atoms with Gasteiger partial charge in [0, 0.05) is 5.02 Å². The number of nitrogens with zero attached hydrogens (tertiary/aromatic N) is 2. The number of benzene rings is 3. The minimum Gasteiger partial charge on any atom is -0.488 e. The van der Waals surface area contributed by atoms with Gasteiger partial charge in [0.1, 0.15) is 17.9 Å². The zero-order valence-electron chi connectivity index (χ0n) is 16.6. The third-order valence-corrected chi connectivity index (χ3v) is 5.97. The van der Waals surface area contributed by atoms with E-state index in [0.29, 0.717) is 28.2 Å². The van der Waals surface area contributed by atoms with E-state index in [9.17, 15) is 4.79 Å². The molecule has 1 N–H and O–H groups in total. The molecule has 0 aliphatic heterocycles. The number of hydrazone groups is 1. The van der Waals surface area contributed by atoms with Gasteiger partial charge < -0.3 is 9.15 Å². The number of fused-ring (bicyclic) bond motifs is 1. The van der Waals surface area contributed by atoms with Gasteiger partial charge in [-0.15, -0.1) is 0 Å². The molecule has 6 nitrogen and oxygen atoms in total. The monoisotopic (exact) mass is 529 g/mol. The number of carbonyl (C=O) groups is 1. The first-order valence-electron chi connectivity index (χ1n) is 9.54. The van der Waals surface area contributed by atoms with Crippen molar-refractivity contribution in [3.63, 3.8) is 0 Å². The molecule has 0 aliphatic carbocycles. The highest BCUT2D eigenvalue weighted by Crippen LogP contribution is 2.27. The molecule has 1 aromatic heterocycles. The van der Waals surface area contributed by atoms with Crippen LogP contribution in [0.25, 0.3) is 11.1 Å². The van der Waals surface area contributed by atoms with E-state index in [0.717, 1.165) is 21.1 Å². The number of ether oxygens (including phenoxy) is 1. The standard InChI is InChI=1S/C23H17BrClN3O3S/c24-18-11-16(7-10-20(18)30-13-15-5-8-17(25)9-6-15)12-26-28-22(29)14-32-23-27-19-3-1-2-4-21(19)31-23/h1-12H,13-14H2,(H,28,29)/b26-12-. The van der Waals surface area contributed by atoms with E-state index < -0.39 is 0 Å². The van der Waals surface area contributed by atoms with Gasteiger partial charge in [-0.3, -0.25) is 4.79 Å². The summed E-state index contributed by atoms with van der Waals surface area (Å²) >= 11 is 10.6. The Hall–Kier alpha value is -2.81. The van der Waals surface area contributed by atoms with Gasteiger partial charge in [0.25, 0.3) is 11.1 Å². The van der Waals surface area contributed by atoms with E-state index in [1.807, 2.05) is 66.7 Å². The predicted molar refractivity (Wildman–Crippen MR) is 130 cm³/mol. The van der Waals surface area contributed by atoms with Crippen molar-refractivity contribution in [1.82, 2.24) is 10.4 Å². The Kier molecular flexibility index (Phi) is 7.47. The van der Waals surface area contributed by atoms with Crippen LogP contribution in [0.15, 0.2) is 85.9 Å². The minimum absolute atomic E-state index is 0.144. The van der Waals surface area contributed by atoms with Crippen LogP contribution >= 0.6 is 39.3 Å². The fourth-order valence-corrected chi connectivity index (χ4v) is 3.98. The summed E-state index contributed by atoms with van der Waals surface area (Å²) in [5.74, 6) is 0.595. The normalized spacial score (nSPS) is 11.2. The van der Waals surface area contributed by atoms with Crippen LogP contribution in [0.3, 0.4) is 0 Å². The van der Waals surface area contributed by atoms with E-state index in [4.69, 9.17) is 20.8 Å². The van der Waals surface area contributed by atoms with Gasteiger partial charge in [-0.25, -0.2) is 10.4 Å². The van der Waals surface area contributed by atoms with E-state index >= 15 is 0 Å². The number of amides is 1. The van der Waals surface area contributed by atoms with Gasteiger partial charge in [0.2, 0.25) is 0 Å². The quantitative estimate of drug-likeness (QED) is 0.170. The molecule has 0 aliphatic rings. The van der Waals surface area contributed by atoms with Crippen LogP contribution in [-0.4, -0.2) is 22.9 Å². The molecule has 0 spiro atoms. The Balaban J connectivity index is 1.25. The van der Waals surface area contributed by atoms with Gasteiger partial charge >= 0.3 is 0 Å². The number of aromatic nitrogens is 1. The van der Waals surface area contributed by atoms with E-state index in [-0.39, 0.29) is 11.7 Å². The van der Waals surface area contributed by atoms with Crippen molar-refractivity contribution < 1.29 is 13.9 Å². The summed E-state index contributed by atoms with van der Waals surface area (Å²) in [6.45, 7) is 0.428. The van der Waals surface area contributed by atoms with Gasteiger partial charge in [-0.05, 0) is 69.5 Å². The molecule has 32 heavy (non-hydrogen) atoms. The lowest BCUT2D eigenvalue weighted by atomic mass is 10.2. The largest absolute Gasteiger partial charge is 0.488 e. The highest BCUT2D eigenvalue weighted by atomic mass is 79.9. The summed E-state index contributed by atoms with van der Waals surface area (Å²) in [7, 11) is 0. The maximum Gasteiger partial charge on any atom is 0.257 e. The summed E-state index contributed by atoms with van der Waals surface area (Å²) in [5, 5.41) is 5.14. The number of para-hydroxylation sites is 2. The lowest BCUT2D eigenvalue weighted by Gasteiger charge is -2.09. The van der Waals surface area contributed by atoms with Crippen molar-refractivity contribution in [1.29, 1.82) is 0 Å². The predicted octanol–water partition coefficient (Wildman–Crippen LogP) is 6.07. The first-order chi connectivity index (χ1) is 15.6. The number of hydrogen-bond acceptors (Lipinski definition) is 6. The number of thioether (sulfide) groups is 1. The topological polar surface area (TPSA) is 76.7 Å². The Bertz CT molecular complexity index is 1230. The summed E-state index contributed by atoms with van der Waals surface area (Å²) in [6, 6.07) is 20.5. The van der Waals surface area contributed by atoms with Crippen LogP contribution in [0.5, 0.6) is 5.75 Å². The average Bonchev–Trinajstić information content (AvgIpc) is 3.21. The highest BCUT2D eigenvalue weighted by molar-refractivity contribution is 9.10. The highest BCUT2D eigenvalue weighted by Gasteiger charge is 2.08. The summed E-state index contributed by atoms with van der Waals surface area (Å²) in [4.78, 5) is 16.4. The molecule has 1 amide bonds. The Morgan fingerprint density at radius 1 is 1.19 bits per heavy atom. The fourth-order valence-electron chi connectivity index (χ4n) is 2.71. The van der Waals surface area contributed by atoms with E-state index in [1.54, 1.807) is 6.21 Å². The summed E-state index contributed by atoms with van der Waals surface area (Å²) in [6.07, 6.45) is 1.57. The maximum atomic E-state index is 12.0. The van der Waals surface area contributed by atoms with Crippen LogP contribution in [-0.2, 0) is 11.4 Å². The maximum absolute atomic E-state index is 12.0. The average molecular weight is 531 g/mol. The van der Waals surface area contributed by atoms with Crippen LogP contribution < -0.4 is 10.2 Å². The van der Waals surface area contributed by atoms with Crippen molar-refractivity contribution in [3.8, 4) is 5.75 Å². The Morgan fingerprint density at radius 2 is 2.00 bits per heavy atom. The zero-order valence-corrected chi connectivity index (χ0v) is 19.8. The molecular formula is C23H17BrClN3O3S. The molecule has 0 radical (unpaired) electrons. The molecule has 0 atom stereocenters. The third kappa shape index (κ3) is 6.12. The van der Waals surface area contributed by atoms with Crippen LogP contribution in [0.1, 0.15) is 11.1 Å². The van der Waals surface area contributed by atoms with Gasteiger partial charge in [0.15, 0.2) is 5.58 Å². The van der Waals surface area contributed by atoms with Gasteiger partial charge in [-0.1, -0.05) is 47.6 Å². The third-order valence-electron chi connectivity index (χ3n) is 4.27. The molecular weight excluding hydrogens is 514 g/mol. The van der Waals surface area contributed by atoms with E-state index in [2.05, 4.69) is 31.4 Å². The Morgan fingerprint density at radius 3 is 2.78 bits per heavy atom.